The highest BCUT2D eigenvalue weighted by Gasteiger charge is 2.24. The fourth-order valence-electron chi connectivity index (χ4n) is 1.96. The van der Waals surface area contributed by atoms with Gasteiger partial charge >= 0.3 is 0 Å². The second kappa shape index (κ2) is 6.48. The molecular weight excluding hydrogens is 212 g/mol. The fraction of sp³-hybridized carbons (Fsp3) is 1.00. The van der Waals surface area contributed by atoms with Gasteiger partial charge < -0.3 is 0 Å². The van der Waals surface area contributed by atoms with E-state index in [0.717, 1.165) is 32.1 Å². The Kier molecular flexibility index (Phi) is 6.44. The molecule has 0 heterocycles. The lowest BCUT2D eigenvalue weighted by Gasteiger charge is -2.28. The van der Waals surface area contributed by atoms with Crippen molar-refractivity contribution >= 4 is 10.1 Å². The quantitative estimate of drug-likeness (QED) is 0.658. The molecule has 1 atom stereocenters. The highest BCUT2D eigenvalue weighted by molar-refractivity contribution is 7.85. The van der Waals surface area contributed by atoms with E-state index in [0.29, 0.717) is 6.42 Å². The molecule has 0 aromatic carbocycles. The summed E-state index contributed by atoms with van der Waals surface area (Å²) in [6.45, 7) is 6.37. The smallest absolute Gasteiger partial charge is 0.264 e. The lowest BCUT2D eigenvalue weighted by atomic mass is 9.78. The van der Waals surface area contributed by atoms with E-state index in [1.54, 1.807) is 0 Å². The number of hydrogen-bond donors (Lipinski definition) is 1. The summed E-state index contributed by atoms with van der Waals surface area (Å²) in [7, 11) is -3.80. The summed E-state index contributed by atoms with van der Waals surface area (Å²) in [5, 5.41) is 0. The summed E-state index contributed by atoms with van der Waals surface area (Å²) in [5.74, 6) is -0.104. The Balaban J connectivity index is 4.24. The lowest BCUT2D eigenvalue weighted by molar-refractivity contribution is 0.249. The van der Waals surface area contributed by atoms with Gasteiger partial charge in [-0.25, -0.2) is 0 Å². The Morgan fingerprint density at radius 3 is 2.07 bits per heavy atom. The molecule has 0 spiro atoms. The molecule has 0 aliphatic carbocycles. The average molecular weight is 236 g/mol. The van der Waals surface area contributed by atoms with Crippen molar-refractivity contribution in [3.8, 4) is 0 Å². The molecule has 0 aromatic rings. The summed E-state index contributed by atoms with van der Waals surface area (Å²) in [6, 6.07) is 0. The molecule has 3 nitrogen and oxygen atoms in total. The van der Waals surface area contributed by atoms with Crippen molar-refractivity contribution in [1.29, 1.82) is 0 Å². The van der Waals surface area contributed by atoms with Crippen molar-refractivity contribution in [3.05, 3.63) is 0 Å². The van der Waals surface area contributed by atoms with Crippen LogP contribution in [0.2, 0.25) is 0 Å². The summed E-state index contributed by atoms with van der Waals surface area (Å²) >= 11 is 0. The standard InChI is InChI=1S/C11H24O3S/c1-4-6-8-11(3,7-5-2)9-10-15(12,13)14/h4-10H2,1-3H3,(H,12,13,14). The maximum atomic E-state index is 10.7. The molecule has 4 heteroatoms. The average Bonchev–Trinajstić information content (AvgIpc) is 2.12. The fourth-order valence-corrected chi connectivity index (χ4v) is 2.71. The minimum Gasteiger partial charge on any atom is -0.286 e. The third-order valence-corrected chi connectivity index (χ3v) is 3.67. The molecule has 0 aromatic heterocycles. The SMILES string of the molecule is CCCCC(C)(CCC)CCS(=O)(=O)O. The Morgan fingerprint density at radius 2 is 1.67 bits per heavy atom. The van der Waals surface area contributed by atoms with Crippen molar-refractivity contribution in [2.45, 2.75) is 59.3 Å². The number of unbranched alkanes of at least 4 members (excludes halogenated alkanes) is 1. The van der Waals surface area contributed by atoms with Gasteiger partial charge in [0, 0.05) is 0 Å². The Morgan fingerprint density at radius 1 is 1.07 bits per heavy atom. The summed E-state index contributed by atoms with van der Waals surface area (Å²) < 4.78 is 30.2. The van der Waals surface area contributed by atoms with E-state index in [4.69, 9.17) is 4.55 Å². The molecule has 1 unspecified atom stereocenters. The molecule has 1 N–H and O–H groups in total. The van der Waals surface area contributed by atoms with Crippen LogP contribution in [-0.2, 0) is 10.1 Å². The van der Waals surface area contributed by atoms with Crippen LogP contribution in [0.4, 0.5) is 0 Å². The highest BCUT2D eigenvalue weighted by atomic mass is 32.2. The summed E-state index contributed by atoms with van der Waals surface area (Å²) in [4.78, 5) is 0. The van der Waals surface area contributed by atoms with Gasteiger partial charge in [0.1, 0.15) is 0 Å². The molecule has 0 aliphatic rings. The second-order valence-electron chi connectivity index (χ2n) is 4.70. The van der Waals surface area contributed by atoms with Crippen molar-refractivity contribution in [3.63, 3.8) is 0 Å². The van der Waals surface area contributed by atoms with Gasteiger partial charge in [-0.2, -0.15) is 8.42 Å². The third kappa shape index (κ3) is 7.79. The molecule has 0 fully saturated rings. The van der Waals surface area contributed by atoms with E-state index >= 15 is 0 Å². The van der Waals surface area contributed by atoms with E-state index in [1.807, 2.05) is 0 Å². The third-order valence-electron chi connectivity index (χ3n) is 2.95. The van der Waals surface area contributed by atoms with E-state index in [-0.39, 0.29) is 11.2 Å². The molecule has 15 heavy (non-hydrogen) atoms. The number of rotatable bonds is 8. The zero-order valence-electron chi connectivity index (χ0n) is 10.1. The predicted octanol–water partition coefficient (Wildman–Crippen LogP) is 3.26. The first kappa shape index (κ1) is 14.9. The van der Waals surface area contributed by atoms with Crippen LogP contribution in [0, 0.1) is 5.41 Å². The number of hydrogen-bond acceptors (Lipinski definition) is 2. The van der Waals surface area contributed by atoms with E-state index in [2.05, 4.69) is 20.8 Å². The van der Waals surface area contributed by atoms with Crippen LogP contribution in [-0.4, -0.2) is 18.7 Å². The first-order valence-electron chi connectivity index (χ1n) is 5.78. The van der Waals surface area contributed by atoms with Crippen molar-refractivity contribution in [1.82, 2.24) is 0 Å². The van der Waals surface area contributed by atoms with Crippen molar-refractivity contribution < 1.29 is 13.0 Å². The molecular formula is C11H24O3S. The van der Waals surface area contributed by atoms with Crippen LogP contribution < -0.4 is 0 Å². The van der Waals surface area contributed by atoms with Gasteiger partial charge in [-0.3, -0.25) is 4.55 Å². The molecule has 0 rings (SSSR count). The highest BCUT2D eigenvalue weighted by Crippen LogP contribution is 2.33. The van der Waals surface area contributed by atoms with Crippen molar-refractivity contribution in [2.24, 2.45) is 5.41 Å². The largest absolute Gasteiger partial charge is 0.286 e. The van der Waals surface area contributed by atoms with E-state index in [9.17, 15) is 8.42 Å². The topological polar surface area (TPSA) is 54.4 Å². The molecule has 92 valence electrons. The van der Waals surface area contributed by atoms with Gasteiger partial charge in [0.2, 0.25) is 0 Å². The van der Waals surface area contributed by atoms with Crippen molar-refractivity contribution in [2.75, 3.05) is 5.75 Å². The summed E-state index contributed by atoms with van der Waals surface area (Å²) in [6.07, 6.45) is 5.97. The second-order valence-corrected chi connectivity index (χ2v) is 6.27. The van der Waals surface area contributed by atoms with E-state index in [1.165, 1.54) is 0 Å². The minimum atomic E-state index is -3.80. The van der Waals surface area contributed by atoms with Crippen LogP contribution in [0.1, 0.15) is 59.3 Å². The van der Waals surface area contributed by atoms with Crippen LogP contribution >= 0.6 is 0 Å². The van der Waals surface area contributed by atoms with Gasteiger partial charge in [-0.15, -0.1) is 0 Å². The first-order chi connectivity index (χ1) is 6.83. The van der Waals surface area contributed by atoms with Gasteiger partial charge in [0.25, 0.3) is 10.1 Å². The predicted molar refractivity (Wildman–Crippen MR) is 63.6 cm³/mol. The van der Waals surface area contributed by atoms with Crippen LogP contribution in [0.15, 0.2) is 0 Å². The van der Waals surface area contributed by atoms with Gasteiger partial charge in [0.15, 0.2) is 0 Å². The molecule has 0 radical (unpaired) electrons. The van der Waals surface area contributed by atoms with Gasteiger partial charge in [-0.05, 0) is 24.7 Å². The molecule has 0 saturated carbocycles. The zero-order chi connectivity index (χ0) is 11.9. The lowest BCUT2D eigenvalue weighted by Crippen LogP contribution is -2.21. The molecule has 0 aliphatic heterocycles. The Hall–Kier alpha value is -0.0900. The molecule has 0 saturated heterocycles. The van der Waals surface area contributed by atoms with Crippen LogP contribution in [0.5, 0.6) is 0 Å². The molecule has 0 amide bonds. The Labute approximate surface area is 94.0 Å². The van der Waals surface area contributed by atoms with Crippen LogP contribution in [0.3, 0.4) is 0 Å². The molecule has 0 bridgehead atoms. The summed E-state index contributed by atoms with van der Waals surface area (Å²) in [5.41, 5.74) is 0.0700. The maximum Gasteiger partial charge on any atom is 0.264 e. The first-order valence-corrected chi connectivity index (χ1v) is 7.39. The van der Waals surface area contributed by atoms with Gasteiger partial charge in [-0.1, -0.05) is 40.0 Å². The van der Waals surface area contributed by atoms with Crippen LogP contribution in [0.25, 0.3) is 0 Å². The Bertz CT molecular complexity index is 259. The van der Waals surface area contributed by atoms with E-state index < -0.39 is 10.1 Å². The normalized spacial score (nSPS) is 16.3. The zero-order valence-corrected chi connectivity index (χ0v) is 10.9. The minimum absolute atomic E-state index is 0.0700. The maximum absolute atomic E-state index is 10.7. The monoisotopic (exact) mass is 236 g/mol. The van der Waals surface area contributed by atoms with Gasteiger partial charge in [0.05, 0.1) is 5.75 Å².